The number of carbonyl (C=O) groups is 3. The number of halogens is 1. The highest BCUT2D eigenvalue weighted by molar-refractivity contribution is 5.95. The standard InChI is InChI=1S/C19H17FN2O6/c1-27-16-10-12(2-8-15(16)23)3-9-18(25)28-11-17(24)21-22-19(26)13-4-6-14(20)7-5-13/h2-10,23H,11H2,1H3,(H,21,24)(H,22,26)/b9-3+. The monoisotopic (exact) mass is 388 g/mol. The second-order valence-corrected chi connectivity index (χ2v) is 5.38. The number of aromatic hydroxyl groups is 1. The number of amides is 2. The average molecular weight is 388 g/mol. The molecule has 0 unspecified atom stereocenters. The number of ether oxygens (including phenoxy) is 2. The maximum Gasteiger partial charge on any atom is 0.331 e. The van der Waals surface area contributed by atoms with E-state index in [4.69, 9.17) is 9.47 Å². The van der Waals surface area contributed by atoms with E-state index in [2.05, 4.69) is 10.9 Å². The molecule has 0 aliphatic carbocycles. The van der Waals surface area contributed by atoms with Crippen LogP contribution in [0.4, 0.5) is 4.39 Å². The third-order valence-corrected chi connectivity index (χ3v) is 3.38. The molecule has 0 radical (unpaired) electrons. The molecule has 2 amide bonds. The first-order valence-electron chi connectivity index (χ1n) is 7.95. The molecule has 0 saturated carbocycles. The Hall–Kier alpha value is -3.88. The molecule has 0 aliphatic heterocycles. The highest BCUT2D eigenvalue weighted by Gasteiger charge is 2.09. The Labute approximate surface area is 159 Å². The van der Waals surface area contributed by atoms with Crippen molar-refractivity contribution in [1.29, 1.82) is 0 Å². The fourth-order valence-electron chi connectivity index (χ4n) is 1.98. The fourth-order valence-corrected chi connectivity index (χ4v) is 1.98. The van der Waals surface area contributed by atoms with Gasteiger partial charge in [0, 0.05) is 11.6 Å². The summed E-state index contributed by atoms with van der Waals surface area (Å²) in [7, 11) is 1.39. The van der Waals surface area contributed by atoms with E-state index >= 15 is 0 Å². The van der Waals surface area contributed by atoms with E-state index in [1.807, 2.05) is 0 Å². The summed E-state index contributed by atoms with van der Waals surface area (Å²) >= 11 is 0. The molecule has 2 rings (SSSR count). The number of hydrogen-bond acceptors (Lipinski definition) is 6. The number of hydrazine groups is 1. The molecule has 0 spiro atoms. The normalized spacial score (nSPS) is 10.4. The molecule has 3 N–H and O–H groups in total. The van der Waals surface area contributed by atoms with Gasteiger partial charge < -0.3 is 14.6 Å². The highest BCUT2D eigenvalue weighted by Crippen LogP contribution is 2.26. The summed E-state index contributed by atoms with van der Waals surface area (Å²) in [5.41, 5.74) is 4.89. The number of esters is 1. The number of benzene rings is 2. The fraction of sp³-hybridized carbons (Fsp3) is 0.105. The van der Waals surface area contributed by atoms with Crippen molar-refractivity contribution in [3.8, 4) is 11.5 Å². The SMILES string of the molecule is COc1cc(/C=C/C(=O)OCC(=O)NNC(=O)c2ccc(F)cc2)ccc1O. The molecule has 9 heteroatoms. The third-order valence-electron chi connectivity index (χ3n) is 3.38. The molecule has 146 valence electrons. The zero-order valence-electron chi connectivity index (χ0n) is 14.8. The predicted molar refractivity (Wildman–Crippen MR) is 96.7 cm³/mol. The second kappa shape index (κ2) is 9.72. The van der Waals surface area contributed by atoms with Crippen LogP contribution in [0.3, 0.4) is 0 Å². The molecule has 0 atom stereocenters. The van der Waals surface area contributed by atoms with Crippen molar-refractivity contribution in [1.82, 2.24) is 10.9 Å². The largest absolute Gasteiger partial charge is 0.504 e. The molecule has 8 nitrogen and oxygen atoms in total. The molecule has 0 heterocycles. The van der Waals surface area contributed by atoms with Gasteiger partial charge in [-0.1, -0.05) is 6.07 Å². The number of carbonyl (C=O) groups excluding carboxylic acids is 3. The van der Waals surface area contributed by atoms with Gasteiger partial charge in [-0.15, -0.1) is 0 Å². The number of rotatable bonds is 6. The highest BCUT2D eigenvalue weighted by atomic mass is 19.1. The first-order valence-corrected chi connectivity index (χ1v) is 7.95. The molecule has 2 aromatic rings. The topological polar surface area (TPSA) is 114 Å². The summed E-state index contributed by atoms with van der Waals surface area (Å²) in [5, 5.41) is 9.50. The van der Waals surface area contributed by atoms with Crippen LogP contribution in [0.2, 0.25) is 0 Å². The van der Waals surface area contributed by atoms with Gasteiger partial charge in [0.1, 0.15) is 5.82 Å². The lowest BCUT2D eigenvalue weighted by molar-refractivity contribution is -0.144. The van der Waals surface area contributed by atoms with Crippen LogP contribution in [-0.2, 0) is 14.3 Å². The van der Waals surface area contributed by atoms with Gasteiger partial charge in [-0.25, -0.2) is 9.18 Å². The Morgan fingerprint density at radius 2 is 1.82 bits per heavy atom. The lowest BCUT2D eigenvalue weighted by Gasteiger charge is -2.07. The van der Waals surface area contributed by atoms with Crippen molar-refractivity contribution in [3.63, 3.8) is 0 Å². The molecule has 0 bridgehead atoms. The summed E-state index contributed by atoms with van der Waals surface area (Å²) in [4.78, 5) is 35.0. The first-order chi connectivity index (χ1) is 13.4. The molecular weight excluding hydrogens is 371 g/mol. The van der Waals surface area contributed by atoms with Crippen LogP contribution in [0.1, 0.15) is 15.9 Å². The second-order valence-electron chi connectivity index (χ2n) is 5.38. The Morgan fingerprint density at radius 3 is 2.50 bits per heavy atom. The van der Waals surface area contributed by atoms with Crippen molar-refractivity contribution in [2.24, 2.45) is 0 Å². The first kappa shape index (κ1) is 20.4. The third kappa shape index (κ3) is 6.13. The van der Waals surface area contributed by atoms with Gasteiger partial charge in [-0.2, -0.15) is 0 Å². The maximum absolute atomic E-state index is 12.8. The summed E-state index contributed by atoms with van der Waals surface area (Å²) in [6, 6.07) is 9.18. The predicted octanol–water partition coefficient (Wildman–Crippen LogP) is 1.56. The van der Waals surface area contributed by atoms with Crippen LogP contribution in [0.15, 0.2) is 48.5 Å². The van der Waals surface area contributed by atoms with Crippen molar-refractivity contribution >= 4 is 23.9 Å². The average Bonchev–Trinajstić information content (AvgIpc) is 2.70. The Morgan fingerprint density at radius 1 is 1.11 bits per heavy atom. The van der Waals surface area contributed by atoms with E-state index in [1.54, 1.807) is 6.07 Å². The summed E-state index contributed by atoms with van der Waals surface area (Å²) in [6.07, 6.45) is 2.51. The summed E-state index contributed by atoms with van der Waals surface area (Å²) in [6.45, 7) is -0.619. The smallest absolute Gasteiger partial charge is 0.331 e. The van der Waals surface area contributed by atoms with E-state index in [1.165, 1.54) is 37.5 Å². The number of phenols is 1. The van der Waals surface area contributed by atoms with Crippen LogP contribution in [0.25, 0.3) is 6.08 Å². The minimum atomic E-state index is -0.785. The van der Waals surface area contributed by atoms with Gasteiger partial charge in [0.25, 0.3) is 11.8 Å². The van der Waals surface area contributed by atoms with Crippen molar-refractivity contribution in [2.75, 3.05) is 13.7 Å². The number of phenolic OH excluding ortho intramolecular Hbond substituents is 1. The Kier molecular flexibility index (Phi) is 7.09. The molecule has 0 aromatic heterocycles. The summed E-state index contributed by atoms with van der Waals surface area (Å²) < 4.78 is 22.5. The Balaban J connectivity index is 1.76. The molecule has 2 aromatic carbocycles. The van der Waals surface area contributed by atoms with E-state index < -0.39 is 30.2 Å². The number of hydrogen-bond donors (Lipinski definition) is 3. The molecule has 0 aliphatic rings. The minimum absolute atomic E-state index is 0.0402. The van der Waals surface area contributed by atoms with Gasteiger partial charge in [0.2, 0.25) is 0 Å². The quantitative estimate of drug-likeness (QED) is 0.393. The van der Waals surface area contributed by atoms with E-state index in [-0.39, 0.29) is 17.1 Å². The minimum Gasteiger partial charge on any atom is -0.504 e. The van der Waals surface area contributed by atoms with Gasteiger partial charge >= 0.3 is 5.97 Å². The van der Waals surface area contributed by atoms with E-state index in [0.717, 1.165) is 18.2 Å². The molecular formula is C19H17FN2O6. The van der Waals surface area contributed by atoms with Crippen LogP contribution in [-0.4, -0.2) is 36.6 Å². The lowest BCUT2D eigenvalue weighted by atomic mass is 10.2. The van der Waals surface area contributed by atoms with Crippen LogP contribution >= 0.6 is 0 Å². The zero-order chi connectivity index (χ0) is 20.5. The summed E-state index contributed by atoms with van der Waals surface area (Å²) in [5.74, 6) is -2.49. The van der Waals surface area contributed by atoms with Crippen molar-refractivity contribution in [2.45, 2.75) is 0 Å². The van der Waals surface area contributed by atoms with Gasteiger partial charge in [-0.05, 0) is 48.0 Å². The van der Waals surface area contributed by atoms with Crippen molar-refractivity contribution in [3.05, 3.63) is 65.5 Å². The van der Waals surface area contributed by atoms with E-state index in [9.17, 15) is 23.9 Å². The van der Waals surface area contributed by atoms with Gasteiger partial charge in [0.05, 0.1) is 7.11 Å². The molecule has 0 fully saturated rings. The maximum atomic E-state index is 12.8. The van der Waals surface area contributed by atoms with Crippen molar-refractivity contribution < 1.29 is 33.4 Å². The van der Waals surface area contributed by atoms with E-state index in [0.29, 0.717) is 5.56 Å². The Bertz CT molecular complexity index is 896. The zero-order valence-corrected chi connectivity index (χ0v) is 14.8. The van der Waals surface area contributed by atoms with Crippen LogP contribution < -0.4 is 15.6 Å². The van der Waals surface area contributed by atoms with Gasteiger partial charge in [-0.3, -0.25) is 20.4 Å². The molecule has 28 heavy (non-hydrogen) atoms. The van der Waals surface area contributed by atoms with Crippen LogP contribution in [0.5, 0.6) is 11.5 Å². The molecule has 0 saturated heterocycles. The number of nitrogens with one attached hydrogen (secondary N) is 2. The number of methoxy groups -OCH3 is 1. The van der Waals surface area contributed by atoms with Crippen LogP contribution in [0, 0.1) is 5.82 Å². The van der Waals surface area contributed by atoms with Gasteiger partial charge in [0.15, 0.2) is 18.1 Å². The lowest BCUT2D eigenvalue weighted by Crippen LogP contribution is -2.43.